The molecule has 0 N–H and O–H groups in total. The van der Waals surface area contributed by atoms with Crippen LogP contribution in [0.1, 0.15) is 18.9 Å². The highest BCUT2D eigenvalue weighted by Gasteiger charge is 2.29. The lowest BCUT2D eigenvalue weighted by Crippen LogP contribution is -2.29. The number of rotatable bonds is 7. The summed E-state index contributed by atoms with van der Waals surface area (Å²) in [4.78, 5) is 15.8. The van der Waals surface area contributed by atoms with E-state index in [1.807, 2.05) is 44.3 Å². The van der Waals surface area contributed by atoms with E-state index in [9.17, 15) is 9.00 Å². The van der Waals surface area contributed by atoms with E-state index >= 15 is 0 Å². The molecular weight excluding hydrogens is 312 g/mol. The van der Waals surface area contributed by atoms with Crippen LogP contribution in [0.4, 0.5) is 0 Å². The summed E-state index contributed by atoms with van der Waals surface area (Å²) in [5, 5.41) is 0.320. The maximum Gasteiger partial charge on any atom is 0.305 e. The zero-order chi connectivity index (χ0) is 16.8. The summed E-state index contributed by atoms with van der Waals surface area (Å²) in [6.07, 6.45) is 4.28. The molecule has 6 heteroatoms. The van der Waals surface area contributed by atoms with Gasteiger partial charge < -0.3 is 9.30 Å². The van der Waals surface area contributed by atoms with Gasteiger partial charge in [-0.3, -0.25) is 9.00 Å². The second-order valence-electron chi connectivity index (χ2n) is 5.60. The lowest BCUT2D eigenvalue weighted by atomic mass is 9.97. The molecular formula is C17H22N2O3S. The van der Waals surface area contributed by atoms with Crippen molar-refractivity contribution in [2.75, 3.05) is 7.11 Å². The molecule has 5 nitrogen and oxygen atoms in total. The van der Waals surface area contributed by atoms with Crippen molar-refractivity contribution in [1.82, 2.24) is 9.55 Å². The maximum absolute atomic E-state index is 13.0. The molecule has 0 unspecified atom stereocenters. The molecule has 0 aliphatic rings. The van der Waals surface area contributed by atoms with Crippen molar-refractivity contribution >= 4 is 16.8 Å². The first-order valence-corrected chi connectivity index (χ1v) is 8.73. The van der Waals surface area contributed by atoms with Crippen LogP contribution in [0, 0.1) is 5.92 Å². The van der Waals surface area contributed by atoms with Crippen molar-refractivity contribution in [2.45, 2.75) is 30.2 Å². The van der Waals surface area contributed by atoms with Crippen LogP contribution in [0.2, 0.25) is 0 Å². The fourth-order valence-corrected chi connectivity index (χ4v) is 4.14. The summed E-state index contributed by atoms with van der Waals surface area (Å²) in [5.74, 6) is -0.368. The molecule has 0 aliphatic carbocycles. The molecule has 0 fully saturated rings. The van der Waals surface area contributed by atoms with Gasteiger partial charge >= 0.3 is 5.97 Å². The number of nitrogens with zero attached hydrogens (tertiary/aromatic N) is 2. The van der Waals surface area contributed by atoms with Crippen LogP contribution in [-0.4, -0.2) is 32.1 Å². The van der Waals surface area contributed by atoms with Crippen LogP contribution in [0.25, 0.3) is 0 Å². The monoisotopic (exact) mass is 334 g/mol. The Morgan fingerprint density at radius 3 is 2.61 bits per heavy atom. The maximum atomic E-state index is 13.0. The van der Waals surface area contributed by atoms with Crippen LogP contribution in [0.3, 0.4) is 0 Å². The van der Waals surface area contributed by atoms with Crippen molar-refractivity contribution in [2.24, 2.45) is 13.0 Å². The average Bonchev–Trinajstić information content (AvgIpc) is 2.98. The van der Waals surface area contributed by atoms with E-state index in [4.69, 9.17) is 4.74 Å². The molecule has 23 heavy (non-hydrogen) atoms. The van der Waals surface area contributed by atoms with Crippen LogP contribution in [0.5, 0.6) is 0 Å². The van der Waals surface area contributed by atoms with Gasteiger partial charge in [-0.1, -0.05) is 37.3 Å². The Bertz CT molecular complexity index is 669. The van der Waals surface area contributed by atoms with Gasteiger partial charge in [-0.2, -0.15) is 0 Å². The summed E-state index contributed by atoms with van der Waals surface area (Å²) in [6, 6.07) is 9.88. The van der Waals surface area contributed by atoms with E-state index in [0.717, 1.165) is 5.56 Å². The number of carbonyl (C=O) groups excluding carboxylic acids is 1. The molecule has 0 radical (unpaired) electrons. The Kier molecular flexibility index (Phi) is 6.10. The third kappa shape index (κ3) is 4.51. The molecule has 1 heterocycles. The number of hydrogen-bond acceptors (Lipinski definition) is 4. The van der Waals surface area contributed by atoms with E-state index in [0.29, 0.717) is 11.6 Å². The zero-order valence-electron chi connectivity index (χ0n) is 13.6. The molecule has 0 bridgehead atoms. The minimum atomic E-state index is -1.31. The predicted octanol–water partition coefficient (Wildman–Crippen LogP) is 2.34. The molecule has 0 saturated heterocycles. The van der Waals surface area contributed by atoms with E-state index in [1.165, 1.54) is 7.11 Å². The smallest absolute Gasteiger partial charge is 0.305 e. The topological polar surface area (TPSA) is 61.2 Å². The fraction of sp³-hybridized carbons (Fsp3) is 0.412. The van der Waals surface area contributed by atoms with Crippen LogP contribution < -0.4 is 0 Å². The van der Waals surface area contributed by atoms with Gasteiger partial charge in [0.05, 0.1) is 17.9 Å². The highest BCUT2D eigenvalue weighted by molar-refractivity contribution is 7.85. The standard InChI is InChI=1S/C17H22N2O3S/c1-13(11-16(20)22-3)15(12-14-7-5-4-6-8-14)23(21)17-18-9-10-19(17)2/h4-10,13,15H,11-12H2,1-3H3/t13-,15-,23+/m1/s1. The summed E-state index contributed by atoms with van der Waals surface area (Å²) >= 11 is 0. The molecule has 1 aromatic carbocycles. The van der Waals surface area contributed by atoms with Gasteiger partial charge in [-0.15, -0.1) is 0 Å². The molecule has 2 aromatic rings. The first kappa shape index (κ1) is 17.4. The minimum Gasteiger partial charge on any atom is -0.469 e. The van der Waals surface area contributed by atoms with Gasteiger partial charge in [0.2, 0.25) is 0 Å². The molecule has 0 saturated carbocycles. The Hall–Kier alpha value is -1.95. The Balaban J connectivity index is 2.25. The lowest BCUT2D eigenvalue weighted by molar-refractivity contribution is -0.141. The van der Waals surface area contributed by atoms with E-state index in [1.54, 1.807) is 17.0 Å². The molecule has 1 aromatic heterocycles. The SMILES string of the molecule is COC(=O)C[C@@H](C)[C@@H](Cc1ccccc1)[S@](=O)c1nccn1C. The first-order valence-electron chi connectivity index (χ1n) is 7.51. The van der Waals surface area contributed by atoms with Gasteiger partial charge in [0.15, 0.2) is 5.16 Å². The second-order valence-corrected chi connectivity index (χ2v) is 7.17. The molecule has 3 atom stereocenters. The van der Waals surface area contributed by atoms with E-state index < -0.39 is 10.8 Å². The van der Waals surface area contributed by atoms with Gasteiger partial charge in [0.1, 0.15) is 0 Å². The van der Waals surface area contributed by atoms with Gasteiger partial charge in [-0.25, -0.2) is 4.98 Å². The summed E-state index contributed by atoms with van der Waals surface area (Å²) in [5.41, 5.74) is 1.09. The molecule has 0 amide bonds. The summed E-state index contributed by atoms with van der Waals surface area (Å²) < 4.78 is 19.5. The third-order valence-corrected chi connectivity index (χ3v) is 5.80. The number of imidazole rings is 1. The summed E-state index contributed by atoms with van der Waals surface area (Å²) in [7, 11) is 1.89. The number of aromatic nitrogens is 2. The van der Waals surface area contributed by atoms with Crippen molar-refractivity contribution in [1.29, 1.82) is 0 Å². The molecule has 2 rings (SSSR count). The minimum absolute atomic E-state index is 0.0832. The van der Waals surface area contributed by atoms with Gasteiger partial charge in [0, 0.05) is 31.1 Å². The van der Waals surface area contributed by atoms with Gasteiger partial charge in [-0.05, 0) is 17.9 Å². The second kappa shape index (κ2) is 8.06. The number of aryl methyl sites for hydroxylation is 1. The van der Waals surface area contributed by atoms with Crippen molar-refractivity contribution in [3.05, 3.63) is 48.3 Å². The van der Waals surface area contributed by atoms with Crippen LogP contribution >= 0.6 is 0 Å². The van der Waals surface area contributed by atoms with Crippen LogP contribution in [0.15, 0.2) is 47.9 Å². The normalized spacial score (nSPS) is 14.9. The number of esters is 1. The number of ether oxygens (including phenoxy) is 1. The lowest BCUT2D eigenvalue weighted by Gasteiger charge is -2.22. The highest BCUT2D eigenvalue weighted by Crippen LogP contribution is 2.23. The Labute approximate surface area is 139 Å². The number of benzene rings is 1. The van der Waals surface area contributed by atoms with Gasteiger partial charge in [0.25, 0.3) is 0 Å². The van der Waals surface area contributed by atoms with E-state index in [2.05, 4.69) is 4.98 Å². The Morgan fingerprint density at radius 1 is 1.35 bits per heavy atom. The van der Waals surface area contributed by atoms with Crippen LogP contribution in [-0.2, 0) is 33.8 Å². The van der Waals surface area contributed by atoms with Crippen molar-refractivity contribution in [3.8, 4) is 0 Å². The number of carbonyl (C=O) groups is 1. The average molecular weight is 334 g/mol. The number of hydrogen-bond donors (Lipinski definition) is 0. The fourth-order valence-electron chi connectivity index (χ4n) is 2.49. The quantitative estimate of drug-likeness (QED) is 0.729. The Morgan fingerprint density at radius 2 is 2.04 bits per heavy atom. The highest BCUT2D eigenvalue weighted by atomic mass is 32.2. The zero-order valence-corrected chi connectivity index (χ0v) is 14.5. The van der Waals surface area contributed by atoms with Crippen molar-refractivity contribution < 1.29 is 13.7 Å². The molecule has 124 valence electrons. The van der Waals surface area contributed by atoms with Crippen molar-refractivity contribution in [3.63, 3.8) is 0 Å². The molecule has 0 aliphatic heterocycles. The largest absolute Gasteiger partial charge is 0.469 e. The van der Waals surface area contributed by atoms with E-state index in [-0.39, 0.29) is 23.6 Å². The molecule has 0 spiro atoms. The first-order chi connectivity index (χ1) is 11.0. The number of methoxy groups -OCH3 is 1. The predicted molar refractivity (Wildman–Crippen MR) is 89.3 cm³/mol. The third-order valence-electron chi connectivity index (χ3n) is 3.86. The summed E-state index contributed by atoms with van der Waals surface area (Å²) in [6.45, 7) is 1.94.